The number of nitrogens with one attached hydrogen (secondary N) is 2. The largest absolute Gasteiger partial charge is 0.357 e. The quantitative estimate of drug-likeness (QED) is 0.439. The van der Waals surface area contributed by atoms with Crippen molar-refractivity contribution < 1.29 is 0 Å². The zero-order chi connectivity index (χ0) is 13.2. The van der Waals surface area contributed by atoms with Crippen LogP contribution in [0.15, 0.2) is 17.4 Å². The molecule has 102 valence electrons. The lowest BCUT2D eigenvalue weighted by Crippen LogP contribution is -2.38. The van der Waals surface area contributed by atoms with E-state index in [4.69, 9.17) is 0 Å². The van der Waals surface area contributed by atoms with Crippen molar-refractivity contribution in [2.75, 3.05) is 19.6 Å². The summed E-state index contributed by atoms with van der Waals surface area (Å²) < 4.78 is 1.98. The van der Waals surface area contributed by atoms with Crippen molar-refractivity contribution in [3.63, 3.8) is 0 Å². The summed E-state index contributed by atoms with van der Waals surface area (Å²) >= 11 is 0. The van der Waals surface area contributed by atoms with Crippen LogP contribution in [-0.2, 0) is 6.54 Å². The van der Waals surface area contributed by atoms with E-state index < -0.39 is 0 Å². The van der Waals surface area contributed by atoms with E-state index in [2.05, 4.69) is 47.7 Å². The van der Waals surface area contributed by atoms with Crippen molar-refractivity contribution in [3.05, 3.63) is 18.0 Å². The summed E-state index contributed by atoms with van der Waals surface area (Å²) in [4.78, 5) is 4.45. The average molecular weight is 251 g/mol. The average Bonchev–Trinajstić information content (AvgIpc) is 2.77. The Morgan fingerprint density at radius 3 is 2.83 bits per heavy atom. The van der Waals surface area contributed by atoms with Crippen LogP contribution < -0.4 is 10.6 Å². The summed E-state index contributed by atoms with van der Waals surface area (Å²) in [6.07, 6.45) is 6.07. The van der Waals surface area contributed by atoms with Crippen LogP contribution in [0.4, 0.5) is 0 Å². The molecule has 0 aliphatic carbocycles. The standard InChI is InChI=1S/C13H25N5/c1-4-7-15-13(14-5-2)16-8-6-9-18-11-12(3)10-17-18/h10-11H,4-9H2,1-3H3,(H2,14,15,16). The van der Waals surface area contributed by atoms with Gasteiger partial charge >= 0.3 is 0 Å². The molecule has 0 saturated carbocycles. The van der Waals surface area contributed by atoms with Crippen LogP contribution in [0.2, 0.25) is 0 Å². The van der Waals surface area contributed by atoms with Crippen LogP contribution in [0.25, 0.3) is 0 Å². The molecule has 1 heterocycles. The van der Waals surface area contributed by atoms with Gasteiger partial charge in [-0.3, -0.25) is 9.67 Å². The number of aliphatic imine (C=N–C) groups is 1. The molecule has 0 amide bonds. The second kappa shape index (κ2) is 8.55. The monoisotopic (exact) mass is 251 g/mol. The van der Waals surface area contributed by atoms with E-state index in [0.717, 1.165) is 45.0 Å². The van der Waals surface area contributed by atoms with Gasteiger partial charge in [-0.1, -0.05) is 6.92 Å². The van der Waals surface area contributed by atoms with Gasteiger partial charge in [-0.05, 0) is 32.3 Å². The second-order valence-corrected chi connectivity index (χ2v) is 4.32. The fraction of sp³-hybridized carbons (Fsp3) is 0.692. The van der Waals surface area contributed by atoms with Crippen molar-refractivity contribution in [1.29, 1.82) is 0 Å². The number of nitrogens with zero attached hydrogens (tertiary/aromatic N) is 3. The van der Waals surface area contributed by atoms with Crippen LogP contribution in [0.5, 0.6) is 0 Å². The molecule has 0 spiro atoms. The maximum atomic E-state index is 4.45. The number of aryl methyl sites for hydroxylation is 2. The minimum atomic E-state index is 0.869. The molecular weight excluding hydrogens is 226 g/mol. The lowest BCUT2D eigenvalue weighted by atomic mass is 10.4. The SMILES string of the molecule is CCCN=C(NCC)NCCCn1cc(C)cn1. The Morgan fingerprint density at radius 1 is 1.39 bits per heavy atom. The number of guanidine groups is 1. The molecule has 5 nitrogen and oxygen atoms in total. The lowest BCUT2D eigenvalue weighted by molar-refractivity contribution is 0.570. The van der Waals surface area contributed by atoms with Crippen LogP contribution in [0.1, 0.15) is 32.3 Å². The van der Waals surface area contributed by atoms with Crippen LogP contribution in [0, 0.1) is 6.92 Å². The van der Waals surface area contributed by atoms with Crippen molar-refractivity contribution in [2.24, 2.45) is 4.99 Å². The van der Waals surface area contributed by atoms with E-state index in [9.17, 15) is 0 Å². The highest BCUT2D eigenvalue weighted by Gasteiger charge is 1.97. The first-order chi connectivity index (χ1) is 8.76. The molecule has 0 saturated heterocycles. The molecule has 0 aliphatic heterocycles. The van der Waals surface area contributed by atoms with Gasteiger partial charge < -0.3 is 10.6 Å². The number of aromatic nitrogens is 2. The van der Waals surface area contributed by atoms with Crippen LogP contribution >= 0.6 is 0 Å². The molecule has 0 atom stereocenters. The van der Waals surface area contributed by atoms with Crippen LogP contribution in [0.3, 0.4) is 0 Å². The molecule has 1 aromatic heterocycles. The minimum Gasteiger partial charge on any atom is -0.357 e. The highest BCUT2D eigenvalue weighted by molar-refractivity contribution is 5.79. The molecule has 18 heavy (non-hydrogen) atoms. The minimum absolute atomic E-state index is 0.869. The third-order valence-electron chi connectivity index (χ3n) is 2.46. The lowest BCUT2D eigenvalue weighted by Gasteiger charge is -2.10. The Bertz CT molecular complexity index is 356. The molecular formula is C13H25N5. The van der Waals surface area contributed by atoms with Gasteiger partial charge in [-0.2, -0.15) is 5.10 Å². The third kappa shape index (κ3) is 5.70. The first-order valence-corrected chi connectivity index (χ1v) is 6.77. The van der Waals surface area contributed by atoms with E-state index in [1.807, 2.05) is 10.9 Å². The predicted octanol–water partition coefficient (Wildman–Crippen LogP) is 1.55. The number of rotatable bonds is 7. The molecule has 0 aliphatic rings. The Labute approximate surface area is 110 Å². The van der Waals surface area contributed by atoms with E-state index in [-0.39, 0.29) is 0 Å². The summed E-state index contributed by atoms with van der Waals surface area (Å²) in [7, 11) is 0. The maximum absolute atomic E-state index is 4.45. The van der Waals surface area contributed by atoms with E-state index >= 15 is 0 Å². The number of hydrogen-bond acceptors (Lipinski definition) is 2. The molecule has 0 unspecified atom stereocenters. The molecule has 0 radical (unpaired) electrons. The van der Waals surface area contributed by atoms with Crippen molar-refractivity contribution in [3.8, 4) is 0 Å². The van der Waals surface area contributed by atoms with Crippen molar-refractivity contribution in [2.45, 2.75) is 40.2 Å². The van der Waals surface area contributed by atoms with Crippen molar-refractivity contribution >= 4 is 5.96 Å². The molecule has 2 N–H and O–H groups in total. The first kappa shape index (κ1) is 14.5. The summed E-state index contributed by atoms with van der Waals surface area (Å²) in [6, 6.07) is 0. The second-order valence-electron chi connectivity index (χ2n) is 4.32. The topological polar surface area (TPSA) is 54.2 Å². The third-order valence-corrected chi connectivity index (χ3v) is 2.46. The molecule has 5 heteroatoms. The normalized spacial score (nSPS) is 11.6. The van der Waals surface area contributed by atoms with Gasteiger partial charge in [0.25, 0.3) is 0 Å². The predicted molar refractivity (Wildman–Crippen MR) is 75.9 cm³/mol. The van der Waals surface area contributed by atoms with Crippen molar-refractivity contribution in [1.82, 2.24) is 20.4 Å². The summed E-state index contributed by atoms with van der Waals surface area (Å²) in [5.41, 5.74) is 1.21. The van der Waals surface area contributed by atoms with Gasteiger partial charge in [0.1, 0.15) is 0 Å². The molecule has 1 rings (SSSR count). The Hall–Kier alpha value is -1.52. The molecule has 0 aromatic carbocycles. The van der Waals surface area contributed by atoms with Gasteiger partial charge in [0, 0.05) is 32.4 Å². The van der Waals surface area contributed by atoms with Gasteiger partial charge in [-0.15, -0.1) is 0 Å². The number of hydrogen-bond donors (Lipinski definition) is 2. The fourth-order valence-corrected chi connectivity index (χ4v) is 1.60. The summed E-state index contributed by atoms with van der Waals surface area (Å²) in [6.45, 7) is 9.88. The molecule has 0 fully saturated rings. The smallest absolute Gasteiger partial charge is 0.191 e. The van der Waals surface area contributed by atoms with Gasteiger partial charge in [0.05, 0.1) is 6.20 Å². The summed E-state index contributed by atoms with van der Waals surface area (Å²) in [5, 5.41) is 10.8. The van der Waals surface area contributed by atoms with E-state index in [1.165, 1.54) is 5.56 Å². The van der Waals surface area contributed by atoms with E-state index in [0.29, 0.717) is 0 Å². The first-order valence-electron chi connectivity index (χ1n) is 6.77. The fourth-order valence-electron chi connectivity index (χ4n) is 1.60. The van der Waals surface area contributed by atoms with Gasteiger partial charge in [-0.25, -0.2) is 0 Å². The maximum Gasteiger partial charge on any atom is 0.191 e. The zero-order valence-corrected chi connectivity index (χ0v) is 11.7. The highest BCUT2D eigenvalue weighted by atomic mass is 15.3. The Morgan fingerprint density at radius 2 is 2.22 bits per heavy atom. The summed E-state index contributed by atoms with van der Waals surface area (Å²) in [5.74, 6) is 0.913. The molecule has 0 bridgehead atoms. The zero-order valence-electron chi connectivity index (χ0n) is 11.7. The Balaban J connectivity index is 2.22. The Kier molecular flexibility index (Phi) is 6.91. The molecule has 1 aromatic rings. The van der Waals surface area contributed by atoms with Gasteiger partial charge in [0.2, 0.25) is 0 Å². The highest BCUT2D eigenvalue weighted by Crippen LogP contribution is 1.95. The van der Waals surface area contributed by atoms with E-state index in [1.54, 1.807) is 0 Å². The van der Waals surface area contributed by atoms with Crippen LogP contribution in [-0.4, -0.2) is 35.4 Å². The van der Waals surface area contributed by atoms with Gasteiger partial charge in [0.15, 0.2) is 5.96 Å².